The van der Waals surface area contributed by atoms with Gasteiger partial charge in [0.25, 0.3) is 5.91 Å². The highest BCUT2D eigenvalue weighted by Gasteiger charge is 2.12. The molecule has 0 spiro atoms. The van der Waals surface area contributed by atoms with Crippen molar-refractivity contribution in [1.82, 2.24) is 10.3 Å². The van der Waals surface area contributed by atoms with E-state index in [9.17, 15) is 14.4 Å². The number of benzene rings is 1. The minimum Gasteiger partial charge on any atom is -0.368 e. The summed E-state index contributed by atoms with van der Waals surface area (Å²) in [5.74, 6) is -1.18. The Bertz CT molecular complexity index is 686. The van der Waals surface area contributed by atoms with Crippen LogP contribution in [0.4, 0.5) is 15.6 Å². The molecule has 9 heteroatoms. The van der Waals surface area contributed by atoms with E-state index in [1.807, 2.05) is 6.07 Å². The number of aromatic nitrogens is 1. The van der Waals surface area contributed by atoms with E-state index in [-0.39, 0.29) is 17.4 Å². The molecule has 0 fully saturated rings. The lowest BCUT2D eigenvalue weighted by molar-refractivity contribution is -0.117. The number of para-hydroxylation sites is 1. The van der Waals surface area contributed by atoms with Crippen molar-refractivity contribution in [2.45, 2.75) is 0 Å². The molecule has 0 saturated carbocycles. The van der Waals surface area contributed by atoms with E-state index < -0.39 is 17.8 Å². The van der Waals surface area contributed by atoms with Gasteiger partial charge in [-0.1, -0.05) is 18.2 Å². The summed E-state index contributed by atoms with van der Waals surface area (Å²) in [6, 6.07) is 8.43. The minimum atomic E-state index is -0.649. The lowest BCUT2D eigenvalue weighted by atomic mass is 10.3. The number of nitrogens with zero attached hydrogens (tertiary/aromatic N) is 1. The molecule has 5 N–H and O–H groups in total. The highest BCUT2D eigenvalue weighted by atomic mass is 32.1. The van der Waals surface area contributed by atoms with E-state index in [2.05, 4.69) is 20.9 Å². The highest BCUT2D eigenvalue weighted by molar-refractivity contribution is 7.14. The monoisotopic (exact) mass is 319 g/mol. The summed E-state index contributed by atoms with van der Waals surface area (Å²) in [6.07, 6.45) is 0. The molecule has 1 aromatic heterocycles. The Labute approximate surface area is 129 Å². The number of nitrogens with two attached hydrogens (primary N) is 1. The SMILES string of the molecule is NC(=O)CNC(=O)c1csc(NC(=O)Nc2ccccc2)n1. The van der Waals surface area contributed by atoms with Gasteiger partial charge in [-0.3, -0.25) is 14.9 Å². The average molecular weight is 319 g/mol. The van der Waals surface area contributed by atoms with Crippen LogP contribution in [0.5, 0.6) is 0 Å². The first-order valence-electron chi connectivity index (χ1n) is 6.19. The van der Waals surface area contributed by atoms with E-state index in [1.165, 1.54) is 5.38 Å². The van der Waals surface area contributed by atoms with Gasteiger partial charge in [-0.15, -0.1) is 11.3 Å². The molecule has 0 aliphatic rings. The number of carbonyl (C=O) groups is 3. The highest BCUT2D eigenvalue weighted by Crippen LogP contribution is 2.16. The lowest BCUT2D eigenvalue weighted by Gasteiger charge is -2.04. The molecule has 22 heavy (non-hydrogen) atoms. The molecule has 4 amide bonds. The first kappa shape index (κ1) is 15.4. The summed E-state index contributed by atoms with van der Waals surface area (Å²) in [5.41, 5.74) is 5.66. The first-order chi connectivity index (χ1) is 10.5. The second-order valence-corrected chi connectivity index (χ2v) is 4.99. The van der Waals surface area contributed by atoms with Crippen molar-refractivity contribution in [3.8, 4) is 0 Å². The lowest BCUT2D eigenvalue weighted by Crippen LogP contribution is -2.33. The number of hydrogen-bond donors (Lipinski definition) is 4. The second-order valence-electron chi connectivity index (χ2n) is 4.13. The second kappa shape index (κ2) is 7.18. The number of nitrogens with one attached hydrogen (secondary N) is 3. The molecule has 2 aromatic rings. The molecule has 0 aliphatic heterocycles. The molecule has 0 saturated heterocycles. The summed E-state index contributed by atoms with van der Waals surface area (Å²) in [5, 5.41) is 9.18. The van der Waals surface area contributed by atoms with Crippen molar-refractivity contribution in [3.63, 3.8) is 0 Å². The third kappa shape index (κ3) is 4.56. The number of urea groups is 1. The third-order valence-corrected chi connectivity index (χ3v) is 3.17. The number of primary amides is 1. The molecule has 2 rings (SSSR count). The average Bonchev–Trinajstić information content (AvgIpc) is 2.94. The van der Waals surface area contributed by atoms with Crippen LogP contribution < -0.4 is 21.7 Å². The van der Waals surface area contributed by atoms with E-state index in [1.54, 1.807) is 24.3 Å². The third-order valence-electron chi connectivity index (χ3n) is 2.41. The zero-order chi connectivity index (χ0) is 15.9. The van der Waals surface area contributed by atoms with Crippen LogP contribution in [0.1, 0.15) is 10.5 Å². The smallest absolute Gasteiger partial charge is 0.325 e. The molecular formula is C13H13N5O3S. The van der Waals surface area contributed by atoms with Crippen LogP contribution in [0.25, 0.3) is 0 Å². The van der Waals surface area contributed by atoms with E-state index in [0.29, 0.717) is 5.69 Å². The molecule has 1 aromatic carbocycles. The fraction of sp³-hybridized carbons (Fsp3) is 0.0769. The summed E-state index contributed by atoms with van der Waals surface area (Å²) >= 11 is 1.09. The van der Waals surface area contributed by atoms with Crippen LogP contribution >= 0.6 is 11.3 Å². The van der Waals surface area contributed by atoms with Gasteiger partial charge < -0.3 is 16.4 Å². The maximum absolute atomic E-state index is 11.8. The molecule has 8 nitrogen and oxygen atoms in total. The normalized spacial score (nSPS) is 9.82. The fourth-order valence-corrected chi connectivity index (χ4v) is 2.16. The van der Waals surface area contributed by atoms with Gasteiger partial charge in [0.2, 0.25) is 5.91 Å². The fourth-order valence-electron chi connectivity index (χ4n) is 1.47. The Hall–Kier alpha value is -2.94. The molecular weight excluding hydrogens is 306 g/mol. The first-order valence-corrected chi connectivity index (χ1v) is 7.07. The van der Waals surface area contributed by atoms with Gasteiger partial charge in [-0.2, -0.15) is 0 Å². The van der Waals surface area contributed by atoms with Gasteiger partial charge >= 0.3 is 6.03 Å². The quantitative estimate of drug-likeness (QED) is 0.656. The van der Waals surface area contributed by atoms with Crippen LogP contribution in [0, 0.1) is 0 Å². The van der Waals surface area contributed by atoms with Gasteiger partial charge in [0.1, 0.15) is 5.69 Å². The van der Waals surface area contributed by atoms with Gasteiger partial charge in [0.05, 0.1) is 6.54 Å². The summed E-state index contributed by atoms with van der Waals surface area (Å²) in [6.45, 7) is -0.270. The molecule has 0 aliphatic carbocycles. The van der Waals surface area contributed by atoms with Crippen molar-refractivity contribution in [2.75, 3.05) is 17.2 Å². The Balaban J connectivity index is 1.90. The Morgan fingerprint density at radius 2 is 1.86 bits per heavy atom. The molecule has 114 valence electrons. The minimum absolute atomic E-state index is 0.0984. The Morgan fingerprint density at radius 3 is 2.55 bits per heavy atom. The summed E-state index contributed by atoms with van der Waals surface area (Å²) in [7, 11) is 0. The number of hydrogen-bond acceptors (Lipinski definition) is 5. The largest absolute Gasteiger partial charge is 0.368 e. The molecule has 0 atom stereocenters. The number of anilines is 2. The number of amides is 4. The number of rotatable bonds is 5. The molecule has 0 bridgehead atoms. The van der Waals surface area contributed by atoms with E-state index in [4.69, 9.17) is 5.73 Å². The summed E-state index contributed by atoms with van der Waals surface area (Å²) in [4.78, 5) is 37.9. The van der Waals surface area contributed by atoms with E-state index >= 15 is 0 Å². The van der Waals surface area contributed by atoms with Crippen LogP contribution in [-0.2, 0) is 4.79 Å². The van der Waals surface area contributed by atoms with Crippen LogP contribution in [-0.4, -0.2) is 29.4 Å². The van der Waals surface area contributed by atoms with Gasteiger partial charge in [0.15, 0.2) is 5.13 Å². The van der Waals surface area contributed by atoms with E-state index in [0.717, 1.165) is 11.3 Å². The maximum atomic E-state index is 11.8. The van der Waals surface area contributed by atoms with Gasteiger partial charge in [0, 0.05) is 11.1 Å². The molecule has 1 heterocycles. The van der Waals surface area contributed by atoms with Gasteiger partial charge in [-0.05, 0) is 12.1 Å². The van der Waals surface area contributed by atoms with Crippen molar-refractivity contribution in [1.29, 1.82) is 0 Å². The Kier molecular flexibility index (Phi) is 5.04. The van der Waals surface area contributed by atoms with Crippen LogP contribution in [0.3, 0.4) is 0 Å². The Morgan fingerprint density at radius 1 is 1.14 bits per heavy atom. The number of thiazole rings is 1. The zero-order valence-corrected chi connectivity index (χ0v) is 12.1. The van der Waals surface area contributed by atoms with Gasteiger partial charge in [-0.25, -0.2) is 9.78 Å². The predicted octanol–water partition coefficient (Wildman–Crippen LogP) is 1.00. The van der Waals surface area contributed by atoms with Crippen LogP contribution in [0.15, 0.2) is 35.7 Å². The number of carbonyl (C=O) groups excluding carboxylic acids is 3. The van der Waals surface area contributed by atoms with Crippen molar-refractivity contribution >= 4 is 40.0 Å². The topological polar surface area (TPSA) is 126 Å². The van der Waals surface area contributed by atoms with Crippen LogP contribution in [0.2, 0.25) is 0 Å². The maximum Gasteiger partial charge on any atom is 0.325 e. The standard InChI is InChI=1S/C13H13N5O3S/c14-10(19)6-15-11(20)9-7-22-13(17-9)18-12(21)16-8-4-2-1-3-5-8/h1-5,7H,6H2,(H2,14,19)(H,15,20)(H2,16,17,18,21). The zero-order valence-electron chi connectivity index (χ0n) is 11.3. The summed E-state index contributed by atoms with van der Waals surface area (Å²) < 4.78 is 0. The predicted molar refractivity (Wildman–Crippen MR) is 82.7 cm³/mol. The van der Waals surface area contributed by atoms with Crippen molar-refractivity contribution in [3.05, 3.63) is 41.4 Å². The van der Waals surface area contributed by atoms with Crippen molar-refractivity contribution < 1.29 is 14.4 Å². The molecule has 0 unspecified atom stereocenters. The van der Waals surface area contributed by atoms with Crippen molar-refractivity contribution in [2.24, 2.45) is 5.73 Å². The molecule has 0 radical (unpaired) electrons.